The fraction of sp³-hybridized carbons (Fsp3) is 0.826. The summed E-state index contributed by atoms with van der Waals surface area (Å²) in [6, 6.07) is 0. The molecule has 0 aromatic carbocycles. The number of hydrogen-bond acceptors (Lipinski definition) is 3. The van der Waals surface area contributed by atoms with E-state index in [0.29, 0.717) is 0 Å². The van der Waals surface area contributed by atoms with Gasteiger partial charge < -0.3 is 0 Å². The molecule has 0 aliphatic rings. The Labute approximate surface area is 177 Å². The van der Waals surface area contributed by atoms with Gasteiger partial charge in [0, 0.05) is 0 Å². The van der Waals surface area contributed by atoms with Crippen molar-refractivity contribution >= 4 is 32.6 Å². The van der Waals surface area contributed by atoms with Crippen LogP contribution in [0.25, 0.3) is 0 Å². The van der Waals surface area contributed by atoms with E-state index in [-0.39, 0.29) is 0 Å². The predicted molar refractivity (Wildman–Crippen MR) is 125 cm³/mol. The van der Waals surface area contributed by atoms with Crippen LogP contribution in [0.1, 0.15) is 90.9 Å². The molecule has 1 aromatic rings. The first-order valence-corrected chi connectivity index (χ1v) is 22.2. The van der Waals surface area contributed by atoms with Crippen LogP contribution in [0.4, 0.5) is 0 Å². The van der Waals surface area contributed by atoms with Crippen LogP contribution in [0.5, 0.6) is 11.5 Å². The summed E-state index contributed by atoms with van der Waals surface area (Å²) in [5, 5.41) is 2.20. The Hall–Kier alpha value is 0.0987. The van der Waals surface area contributed by atoms with E-state index in [9.17, 15) is 0 Å². The second kappa shape index (κ2) is 15.0. The molecule has 158 valence electrons. The fourth-order valence-electron chi connectivity index (χ4n) is 3.21. The number of thiophene rings is 1. The Balaban J connectivity index is 2.44. The van der Waals surface area contributed by atoms with Crippen LogP contribution in [0.2, 0.25) is 14.8 Å². The van der Waals surface area contributed by atoms with Crippen molar-refractivity contribution in [2.24, 2.45) is 0 Å². The molecule has 2 nitrogen and oxygen atoms in total. The van der Waals surface area contributed by atoms with E-state index in [1.54, 1.807) is 0 Å². The Bertz CT molecular complexity index is 479. The standard InChI is InChI=1S/C20H35O2S.3CH3.Sn/c1-3-5-7-9-11-13-15-21-19-17-23-18-20(19)22-16-14-12-10-8-6-4-2;;;;/h17H,3-16H2,1-2H3;3*1H3;. The minimum absolute atomic E-state index is 0.829. The molecule has 4 heteroatoms. The second-order valence-corrected chi connectivity index (χ2v) is 24.9. The van der Waals surface area contributed by atoms with Gasteiger partial charge in [-0.1, -0.05) is 0 Å². The summed E-state index contributed by atoms with van der Waals surface area (Å²) in [5.41, 5.74) is 0. The molecular formula is C23H44O2SSn. The van der Waals surface area contributed by atoms with Gasteiger partial charge in [0.25, 0.3) is 0 Å². The molecule has 0 spiro atoms. The van der Waals surface area contributed by atoms with E-state index in [1.807, 2.05) is 11.3 Å². The molecule has 0 radical (unpaired) electrons. The molecule has 0 saturated heterocycles. The van der Waals surface area contributed by atoms with Gasteiger partial charge in [0.15, 0.2) is 0 Å². The first-order valence-electron chi connectivity index (χ1n) is 11.4. The number of unbranched alkanes of at least 4 members (excludes halogenated alkanes) is 10. The Morgan fingerprint density at radius 3 is 1.70 bits per heavy atom. The molecule has 0 amide bonds. The van der Waals surface area contributed by atoms with Crippen molar-refractivity contribution in [2.45, 2.75) is 106 Å². The second-order valence-electron chi connectivity index (χ2n) is 8.74. The van der Waals surface area contributed by atoms with Crippen molar-refractivity contribution in [2.75, 3.05) is 13.2 Å². The molecule has 1 aromatic heterocycles. The molecule has 0 fully saturated rings. The van der Waals surface area contributed by atoms with Crippen molar-refractivity contribution in [1.82, 2.24) is 0 Å². The van der Waals surface area contributed by atoms with Gasteiger partial charge in [-0.05, 0) is 0 Å². The quantitative estimate of drug-likeness (QED) is 0.160. The zero-order valence-electron chi connectivity index (χ0n) is 18.7. The fourth-order valence-corrected chi connectivity index (χ4v) is 10.3. The maximum absolute atomic E-state index is 6.29. The molecule has 1 rings (SSSR count). The van der Waals surface area contributed by atoms with Gasteiger partial charge in [-0.2, -0.15) is 0 Å². The topological polar surface area (TPSA) is 18.5 Å². The summed E-state index contributed by atoms with van der Waals surface area (Å²) >= 11 is -0.290. The van der Waals surface area contributed by atoms with Crippen LogP contribution in [0.15, 0.2) is 5.38 Å². The Morgan fingerprint density at radius 2 is 1.19 bits per heavy atom. The van der Waals surface area contributed by atoms with E-state index >= 15 is 0 Å². The first kappa shape index (κ1) is 25.1. The molecule has 0 atom stereocenters. The number of hydrogen-bond donors (Lipinski definition) is 0. The summed E-state index contributed by atoms with van der Waals surface area (Å²) in [6.45, 7) is 6.21. The Kier molecular flexibility index (Phi) is 14.0. The van der Waals surface area contributed by atoms with Gasteiger partial charge in [-0.15, -0.1) is 0 Å². The molecular weight excluding hydrogens is 459 g/mol. The van der Waals surface area contributed by atoms with Crippen LogP contribution < -0.4 is 12.4 Å². The van der Waals surface area contributed by atoms with E-state index < -0.39 is 18.4 Å². The SMILES string of the molecule is CCCCCCCCOc1cs[c]([Sn]([CH3])([CH3])[CH3])c1OCCCCCCCC. The molecule has 0 unspecified atom stereocenters. The summed E-state index contributed by atoms with van der Waals surface area (Å²) in [7, 11) is 0. The molecule has 0 saturated carbocycles. The number of ether oxygens (including phenoxy) is 2. The van der Waals surface area contributed by atoms with E-state index in [2.05, 4.69) is 34.0 Å². The van der Waals surface area contributed by atoms with E-state index in [4.69, 9.17) is 9.47 Å². The van der Waals surface area contributed by atoms with Gasteiger partial charge in [-0.3, -0.25) is 0 Å². The molecule has 0 bridgehead atoms. The predicted octanol–water partition coefficient (Wildman–Crippen LogP) is 7.77. The van der Waals surface area contributed by atoms with Gasteiger partial charge in [0.2, 0.25) is 0 Å². The van der Waals surface area contributed by atoms with Crippen LogP contribution in [0.3, 0.4) is 0 Å². The molecule has 0 aliphatic heterocycles. The van der Waals surface area contributed by atoms with Crippen molar-refractivity contribution in [3.63, 3.8) is 0 Å². The van der Waals surface area contributed by atoms with Gasteiger partial charge in [0.05, 0.1) is 0 Å². The third-order valence-electron chi connectivity index (χ3n) is 4.89. The molecule has 0 aliphatic carbocycles. The van der Waals surface area contributed by atoms with Crippen molar-refractivity contribution in [1.29, 1.82) is 0 Å². The van der Waals surface area contributed by atoms with Gasteiger partial charge in [0.1, 0.15) is 0 Å². The average molecular weight is 503 g/mol. The summed E-state index contributed by atoms with van der Waals surface area (Å²) in [5.74, 6) is 2.11. The van der Waals surface area contributed by atoms with Crippen LogP contribution in [-0.2, 0) is 0 Å². The Morgan fingerprint density at radius 1 is 0.704 bits per heavy atom. The number of rotatable bonds is 17. The summed E-state index contributed by atoms with van der Waals surface area (Å²) in [4.78, 5) is 7.40. The van der Waals surface area contributed by atoms with Crippen LogP contribution in [-0.4, -0.2) is 31.6 Å². The summed E-state index contributed by atoms with van der Waals surface area (Å²) < 4.78 is 14.0. The average Bonchev–Trinajstić information content (AvgIpc) is 3.03. The minimum atomic E-state index is -2.17. The summed E-state index contributed by atoms with van der Waals surface area (Å²) in [6.07, 6.45) is 15.7. The molecule has 27 heavy (non-hydrogen) atoms. The van der Waals surface area contributed by atoms with Crippen molar-refractivity contribution in [3.8, 4) is 11.5 Å². The van der Waals surface area contributed by atoms with Crippen LogP contribution in [0, 0.1) is 0 Å². The monoisotopic (exact) mass is 504 g/mol. The van der Waals surface area contributed by atoms with Gasteiger partial charge in [-0.25, -0.2) is 0 Å². The van der Waals surface area contributed by atoms with Gasteiger partial charge >= 0.3 is 178 Å². The zero-order chi connectivity index (χ0) is 20.0. The molecule has 0 N–H and O–H groups in total. The van der Waals surface area contributed by atoms with E-state index in [0.717, 1.165) is 37.6 Å². The van der Waals surface area contributed by atoms with Crippen molar-refractivity contribution < 1.29 is 9.47 Å². The normalized spacial score (nSPS) is 11.7. The zero-order valence-corrected chi connectivity index (χ0v) is 22.4. The van der Waals surface area contributed by atoms with Crippen LogP contribution >= 0.6 is 11.3 Å². The molecule has 1 heterocycles. The first-order chi connectivity index (χ1) is 13.0. The maximum atomic E-state index is 6.29. The van der Waals surface area contributed by atoms with Crippen molar-refractivity contribution in [3.05, 3.63) is 5.38 Å². The third-order valence-corrected chi connectivity index (χ3v) is 15.3. The van der Waals surface area contributed by atoms with E-state index in [1.165, 1.54) is 67.1 Å². The third kappa shape index (κ3) is 11.0.